The molecule has 58 valence electrons. The molecule has 0 aliphatic carbocycles. The Bertz CT molecular complexity index is 107. The van der Waals surface area contributed by atoms with Crippen LogP contribution in [-0.4, -0.2) is 31.5 Å². The predicted octanol–water partition coefficient (Wildman–Crippen LogP) is -0.109. The Morgan fingerprint density at radius 1 is 1.20 bits per heavy atom. The summed E-state index contributed by atoms with van der Waals surface area (Å²) in [6.07, 6.45) is 2.96. The molecule has 2 fully saturated rings. The average molecular weight is 143 g/mol. The molecule has 3 nitrogen and oxygen atoms in total. The molecule has 0 aromatic heterocycles. The molecule has 0 aromatic rings. The Morgan fingerprint density at radius 3 is 1.90 bits per heavy atom. The van der Waals surface area contributed by atoms with Gasteiger partial charge < -0.3 is 15.2 Å². The van der Waals surface area contributed by atoms with Crippen molar-refractivity contribution in [2.45, 2.75) is 31.1 Å². The fourth-order valence-corrected chi connectivity index (χ4v) is 1.18. The molecular weight excluding hydrogens is 130 g/mol. The molecule has 2 unspecified atom stereocenters. The van der Waals surface area contributed by atoms with Crippen molar-refractivity contribution >= 4 is 0 Å². The van der Waals surface area contributed by atoms with Crippen LogP contribution in [0.3, 0.4) is 0 Å². The third-order valence-electron chi connectivity index (χ3n) is 1.94. The molecular formula is C7H13NO2. The first kappa shape index (κ1) is 6.58. The van der Waals surface area contributed by atoms with E-state index in [4.69, 9.17) is 15.2 Å². The van der Waals surface area contributed by atoms with Crippen LogP contribution in [0.4, 0.5) is 0 Å². The maximum absolute atomic E-state index is 5.80. The summed E-state index contributed by atoms with van der Waals surface area (Å²) in [4.78, 5) is 0. The van der Waals surface area contributed by atoms with Crippen LogP contribution in [0.2, 0.25) is 0 Å². The van der Waals surface area contributed by atoms with Crippen molar-refractivity contribution in [1.29, 1.82) is 0 Å². The van der Waals surface area contributed by atoms with Gasteiger partial charge in [-0.3, -0.25) is 0 Å². The second-order valence-electron chi connectivity index (χ2n) is 3.14. The zero-order valence-electron chi connectivity index (χ0n) is 5.95. The monoisotopic (exact) mass is 143 g/mol. The summed E-state index contributed by atoms with van der Waals surface area (Å²) in [5, 5.41) is 0. The van der Waals surface area contributed by atoms with Crippen LogP contribution in [-0.2, 0) is 9.47 Å². The Morgan fingerprint density at radius 2 is 1.60 bits per heavy atom. The molecule has 2 heterocycles. The van der Waals surface area contributed by atoms with Crippen molar-refractivity contribution in [3.8, 4) is 0 Å². The van der Waals surface area contributed by atoms with Crippen molar-refractivity contribution in [1.82, 2.24) is 0 Å². The number of hydrogen-bond acceptors (Lipinski definition) is 3. The van der Waals surface area contributed by atoms with E-state index in [1.807, 2.05) is 0 Å². The van der Waals surface area contributed by atoms with Crippen LogP contribution < -0.4 is 5.73 Å². The van der Waals surface area contributed by atoms with E-state index in [1.54, 1.807) is 0 Å². The first-order chi connectivity index (χ1) is 4.84. The Labute approximate surface area is 60.5 Å². The van der Waals surface area contributed by atoms with Crippen molar-refractivity contribution in [2.24, 2.45) is 5.73 Å². The molecule has 2 atom stereocenters. The standard InChI is InChI=1S/C7H13NO2/c8-5(1-6-3-9-6)2-7-4-10-7/h5-7H,1-4,8H2. The maximum Gasteiger partial charge on any atom is 0.0824 e. The molecule has 0 spiro atoms. The highest BCUT2D eigenvalue weighted by Crippen LogP contribution is 2.21. The molecule has 2 aliphatic heterocycles. The van der Waals surface area contributed by atoms with Gasteiger partial charge in [-0.2, -0.15) is 0 Å². The second-order valence-corrected chi connectivity index (χ2v) is 3.14. The van der Waals surface area contributed by atoms with Crippen molar-refractivity contribution in [2.75, 3.05) is 13.2 Å². The van der Waals surface area contributed by atoms with Gasteiger partial charge in [-0.05, 0) is 12.8 Å². The van der Waals surface area contributed by atoms with Gasteiger partial charge in [-0.15, -0.1) is 0 Å². The summed E-state index contributed by atoms with van der Waals surface area (Å²) >= 11 is 0. The highest BCUT2D eigenvalue weighted by molar-refractivity contribution is 4.81. The number of epoxide rings is 2. The summed E-state index contributed by atoms with van der Waals surface area (Å²) < 4.78 is 10.1. The van der Waals surface area contributed by atoms with Crippen LogP contribution in [0.25, 0.3) is 0 Å². The van der Waals surface area contributed by atoms with Gasteiger partial charge in [0, 0.05) is 6.04 Å². The first-order valence-corrected chi connectivity index (χ1v) is 3.83. The predicted molar refractivity (Wildman–Crippen MR) is 36.7 cm³/mol. The van der Waals surface area contributed by atoms with Gasteiger partial charge in [0.25, 0.3) is 0 Å². The third-order valence-corrected chi connectivity index (χ3v) is 1.94. The Kier molecular flexibility index (Phi) is 1.64. The number of hydrogen-bond donors (Lipinski definition) is 1. The van der Waals surface area contributed by atoms with Crippen molar-refractivity contribution < 1.29 is 9.47 Å². The van der Waals surface area contributed by atoms with E-state index < -0.39 is 0 Å². The number of rotatable bonds is 4. The van der Waals surface area contributed by atoms with Crippen LogP contribution >= 0.6 is 0 Å². The fourth-order valence-electron chi connectivity index (χ4n) is 1.18. The summed E-state index contributed by atoms with van der Waals surface area (Å²) in [5.74, 6) is 0. The van der Waals surface area contributed by atoms with Crippen molar-refractivity contribution in [3.05, 3.63) is 0 Å². The number of nitrogens with two attached hydrogens (primary N) is 1. The van der Waals surface area contributed by atoms with Gasteiger partial charge in [-0.25, -0.2) is 0 Å². The highest BCUT2D eigenvalue weighted by Gasteiger charge is 2.30. The molecule has 2 rings (SSSR count). The van der Waals surface area contributed by atoms with Gasteiger partial charge in [-0.1, -0.05) is 0 Å². The van der Waals surface area contributed by atoms with E-state index in [0.29, 0.717) is 18.2 Å². The lowest BCUT2D eigenvalue weighted by Gasteiger charge is -2.05. The maximum atomic E-state index is 5.80. The van der Waals surface area contributed by atoms with Gasteiger partial charge in [0.2, 0.25) is 0 Å². The highest BCUT2D eigenvalue weighted by atomic mass is 16.6. The second kappa shape index (κ2) is 2.49. The number of ether oxygens (including phenoxy) is 2. The van der Waals surface area contributed by atoms with E-state index in [0.717, 1.165) is 26.1 Å². The van der Waals surface area contributed by atoms with E-state index in [1.165, 1.54) is 0 Å². The van der Waals surface area contributed by atoms with E-state index in [-0.39, 0.29) is 0 Å². The van der Waals surface area contributed by atoms with Crippen LogP contribution in [0.1, 0.15) is 12.8 Å². The quantitative estimate of drug-likeness (QED) is 0.559. The molecule has 2 saturated heterocycles. The lowest BCUT2D eigenvalue weighted by molar-refractivity contribution is 0.345. The van der Waals surface area contributed by atoms with Crippen LogP contribution in [0, 0.1) is 0 Å². The minimum atomic E-state index is 0.292. The molecule has 0 radical (unpaired) electrons. The molecule has 2 N–H and O–H groups in total. The van der Waals surface area contributed by atoms with E-state index in [9.17, 15) is 0 Å². The van der Waals surface area contributed by atoms with Gasteiger partial charge in [0.1, 0.15) is 0 Å². The summed E-state index contributed by atoms with van der Waals surface area (Å²) in [7, 11) is 0. The average Bonchev–Trinajstić information content (AvgIpc) is 2.59. The molecule has 2 aliphatic rings. The Hall–Kier alpha value is -0.120. The molecule has 0 amide bonds. The lowest BCUT2D eigenvalue weighted by atomic mass is 10.1. The smallest absolute Gasteiger partial charge is 0.0824 e. The van der Waals surface area contributed by atoms with Crippen LogP contribution in [0.15, 0.2) is 0 Å². The summed E-state index contributed by atoms with van der Waals surface area (Å²) in [5.41, 5.74) is 5.80. The van der Waals surface area contributed by atoms with Crippen molar-refractivity contribution in [3.63, 3.8) is 0 Å². The zero-order valence-corrected chi connectivity index (χ0v) is 5.95. The van der Waals surface area contributed by atoms with Gasteiger partial charge in [0.15, 0.2) is 0 Å². The largest absolute Gasteiger partial charge is 0.373 e. The lowest BCUT2D eigenvalue weighted by Crippen LogP contribution is -2.23. The minimum Gasteiger partial charge on any atom is -0.373 e. The summed E-state index contributed by atoms with van der Waals surface area (Å²) in [6.45, 7) is 1.83. The van der Waals surface area contributed by atoms with E-state index in [2.05, 4.69) is 0 Å². The molecule has 3 heteroatoms. The molecule has 0 aromatic carbocycles. The SMILES string of the molecule is NC(CC1CO1)CC1CO1. The topological polar surface area (TPSA) is 51.1 Å². The normalized spacial score (nSPS) is 39.3. The Balaban J connectivity index is 1.60. The van der Waals surface area contributed by atoms with Gasteiger partial charge in [0.05, 0.1) is 25.4 Å². The van der Waals surface area contributed by atoms with Crippen LogP contribution in [0.5, 0.6) is 0 Å². The third kappa shape index (κ3) is 1.94. The molecule has 0 saturated carbocycles. The summed E-state index contributed by atoms with van der Waals surface area (Å²) in [6, 6.07) is 0.292. The zero-order chi connectivity index (χ0) is 6.97. The molecule has 10 heavy (non-hydrogen) atoms. The van der Waals surface area contributed by atoms with E-state index >= 15 is 0 Å². The fraction of sp³-hybridized carbons (Fsp3) is 1.00. The van der Waals surface area contributed by atoms with Gasteiger partial charge >= 0.3 is 0 Å². The minimum absolute atomic E-state index is 0.292. The molecule has 0 bridgehead atoms. The first-order valence-electron chi connectivity index (χ1n) is 3.83.